The highest BCUT2D eigenvalue weighted by Crippen LogP contribution is 2.19. The van der Waals surface area contributed by atoms with Gasteiger partial charge < -0.3 is 5.32 Å². The average Bonchev–Trinajstić information content (AvgIpc) is 2.41. The zero-order valence-corrected chi connectivity index (χ0v) is 12.0. The molecule has 0 aromatic heterocycles. The summed E-state index contributed by atoms with van der Waals surface area (Å²) in [4.78, 5) is 10.7. The van der Waals surface area contributed by atoms with E-state index in [9.17, 15) is 10.1 Å². The molecule has 4 nitrogen and oxygen atoms in total. The molecule has 1 aliphatic rings. The number of hydrogen-bond acceptors (Lipinski definition) is 3. The number of para-hydroxylation sites is 1. The molecule has 1 aromatic rings. The second-order valence-corrected chi connectivity index (χ2v) is 5.63. The molecule has 1 N–H and O–H groups in total. The summed E-state index contributed by atoms with van der Waals surface area (Å²) in [5, 5.41) is 14.5. The van der Waals surface area contributed by atoms with Crippen molar-refractivity contribution in [2.24, 2.45) is 0 Å². The molecule has 1 saturated carbocycles. The van der Waals surface area contributed by atoms with Gasteiger partial charge in [-0.2, -0.15) is 0 Å². The Kier molecular flexibility index (Phi) is 5.99. The lowest BCUT2D eigenvalue weighted by Crippen LogP contribution is -2.31. The molecule has 0 unspecified atom stereocenters. The maximum atomic E-state index is 11.0. The Morgan fingerprint density at radius 1 is 1.10 bits per heavy atom. The van der Waals surface area contributed by atoms with E-state index >= 15 is 0 Å². The second-order valence-electron chi connectivity index (χ2n) is 5.63. The van der Waals surface area contributed by atoms with Crippen molar-refractivity contribution in [2.45, 2.75) is 57.4 Å². The van der Waals surface area contributed by atoms with Crippen molar-refractivity contribution in [3.05, 3.63) is 39.9 Å². The number of benzene rings is 1. The molecule has 2 rings (SSSR count). The number of hydrogen-bond donors (Lipinski definition) is 1. The van der Waals surface area contributed by atoms with Gasteiger partial charge in [-0.3, -0.25) is 10.1 Å². The topological polar surface area (TPSA) is 55.2 Å². The van der Waals surface area contributed by atoms with Crippen LogP contribution < -0.4 is 5.32 Å². The van der Waals surface area contributed by atoms with Crippen LogP contribution in [-0.4, -0.2) is 17.5 Å². The van der Waals surface area contributed by atoms with Gasteiger partial charge in [-0.1, -0.05) is 50.3 Å². The molecule has 0 aliphatic heterocycles. The zero-order chi connectivity index (χ0) is 14.2. The minimum Gasteiger partial charge on any atom is -0.314 e. The summed E-state index contributed by atoms with van der Waals surface area (Å²) in [6, 6.07) is 7.64. The third-order valence-electron chi connectivity index (χ3n) is 4.12. The van der Waals surface area contributed by atoms with Gasteiger partial charge in [0, 0.05) is 17.7 Å². The first-order chi connectivity index (χ1) is 9.77. The van der Waals surface area contributed by atoms with E-state index in [0.29, 0.717) is 6.04 Å². The molecule has 1 fully saturated rings. The molecule has 1 aliphatic carbocycles. The summed E-state index contributed by atoms with van der Waals surface area (Å²) in [6.45, 7) is 0.829. The van der Waals surface area contributed by atoms with Crippen molar-refractivity contribution in [1.82, 2.24) is 5.32 Å². The van der Waals surface area contributed by atoms with E-state index in [-0.39, 0.29) is 10.6 Å². The van der Waals surface area contributed by atoms with Crippen LogP contribution in [0.25, 0.3) is 0 Å². The SMILES string of the molecule is O=[N+]([O-])c1ccccc1CCNC1CCCCCCC1. The van der Waals surface area contributed by atoms with E-state index in [1.807, 2.05) is 12.1 Å². The van der Waals surface area contributed by atoms with Gasteiger partial charge >= 0.3 is 0 Å². The third kappa shape index (κ3) is 4.60. The fourth-order valence-electron chi connectivity index (χ4n) is 2.97. The minimum absolute atomic E-state index is 0.243. The van der Waals surface area contributed by atoms with Crippen LogP contribution in [-0.2, 0) is 6.42 Å². The standard InChI is InChI=1S/C16H24N2O2/c19-18(20)16-11-7-6-8-14(16)12-13-17-15-9-4-2-1-3-5-10-15/h6-8,11,15,17H,1-5,9-10,12-13H2. The number of nitro benzene ring substituents is 1. The summed E-state index contributed by atoms with van der Waals surface area (Å²) >= 11 is 0. The molecule has 0 spiro atoms. The Labute approximate surface area is 120 Å². The Morgan fingerprint density at radius 3 is 2.45 bits per heavy atom. The van der Waals surface area contributed by atoms with Gasteiger partial charge in [0.25, 0.3) is 5.69 Å². The van der Waals surface area contributed by atoms with Crippen molar-refractivity contribution in [3.63, 3.8) is 0 Å². The second kappa shape index (κ2) is 8.00. The fraction of sp³-hybridized carbons (Fsp3) is 0.625. The van der Waals surface area contributed by atoms with Crippen LogP contribution in [0.5, 0.6) is 0 Å². The Morgan fingerprint density at radius 2 is 1.75 bits per heavy atom. The molecule has 20 heavy (non-hydrogen) atoms. The first-order valence-corrected chi connectivity index (χ1v) is 7.73. The number of nitrogens with one attached hydrogen (secondary N) is 1. The number of nitrogens with zero attached hydrogens (tertiary/aromatic N) is 1. The summed E-state index contributed by atoms with van der Waals surface area (Å²) in [7, 11) is 0. The first-order valence-electron chi connectivity index (χ1n) is 7.73. The van der Waals surface area contributed by atoms with Crippen molar-refractivity contribution < 1.29 is 4.92 Å². The lowest BCUT2D eigenvalue weighted by Gasteiger charge is -2.21. The highest BCUT2D eigenvalue weighted by atomic mass is 16.6. The number of nitro groups is 1. The van der Waals surface area contributed by atoms with E-state index < -0.39 is 0 Å². The lowest BCUT2D eigenvalue weighted by atomic mass is 9.96. The van der Waals surface area contributed by atoms with Gasteiger partial charge in [0.05, 0.1) is 4.92 Å². The van der Waals surface area contributed by atoms with Crippen molar-refractivity contribution in [2.75, 3.05) is 6.54 Å². The zero-order valence-electron chi connectivity index (χ0n) is 12.0. The van der Waals surface area contributed by atoms with Gasteiger partial charge in [0.15, 0.2) is 0 Å². The maximum Gasteiger partial charge on any atom is 0.272 e. The molecule has 0 heterocycles. The van der Waals surface area contributed by atoms with Crippen LogP contribution >= 0.6 is 0 Å². The van der Waals surface area contributed by atoms with E-state index in [1.54, 1.807) is 12.1 Å². The van der Waals surface area contributed by atoms with Gasteiger partial charge in [0.1, 0.15) is 0 Å². The molecule has 4 heteroatoms. The molecule has 0 amide bonds. The van der Waals surface area contributed by atoms with Gasteiger partial charge in [-0.05, 0) is 25.8 Å². The molecular weight excluding hydrogens is 252 g/mol. The van der Waals surface area contributed by atoms with E-state index in [0.717, 1.165) is 18.5 Å². The maximum absolute atomic E-state index is 11.0. The molecule has 1 aromatic carbocycles. The highest BCUT2D eigenvalue weighted by molar-refractivity contribution is 5.39. The largest absolute Gasteiger partial charge is 0.314 e. The van der Waals surface area contributed by atoms with Gasteiger partial charge in [0.2, 0.25) is 0 Å². The van der Waals surface area contributed by atoms with Gasteiger partial charge in [-0.25, -0.2) is 0 Å². The monoisotopic (exact) mass is 276 g/mol. The molecule has 0 atom stereocenters. The summed E-state index contributed by atoms with van der Waals surface area (Å²) in [6.07, 6.45) is 9.92. The van der Waals surface area contributed by atoms with Crippen LogP contribution in [0.1, 0.15) is 50.5 Å². The Bertz CT molecular complexity index is 426. The number of rotatable bonds is 5. The Hall–Kier alpha value is -1.42. The van der Waals surface area contributed by atoms with Crippen LogP contribution in [0.15, 0.2) is 24.3 Å². The summed E-state index contributed by atoms with van der Waals surface area (Å²) in [5.41, 5.74) is 1.07. The van der Waals surface area contributed by atoms with Crippen LogP contribution in [0.4, 0.5) is 5.69 Å². The van der Waals surface area contributed by atoms with Crippen molar-refractivity contribution in [1.29, 1.82) is 0 Å². The summed E-state index contributed by atoms with van der Waals surface area (Å²) < 4.78 is 0. The quantitative estimate of drug-likeness (QED) is 0.656. The molecule has 0 bridgehead atoms. The van der Waals surface area contributed by atoms with E-state index in [2.05, 4.69) is 5.32 Å². The normalized spacial score (nSPS) is 17.4. The fourth-order valence-corrected chi connectivity index (χ4v) is 2.97. The predicted octanol–water partition coefficient (Wildman–Crippen LogP) is 3.84. The third-order valence-corrected chi connectivity index (χ3v) is 4.12. The lowest BCUT2D eigenvalue weighted by molar-refractivity contribution is -0.385. The van der Waals surface area contributed by atoms with Crippen LogP contribution in [0.2, 0.25) is 0 Å². The van der Waals surface area contributed by atoms with E-state index in [4.69, 9.17) is 0 Å². The smallest absolute Gasteiger partial charge is 0.272 e. The van der Waals surface area contributed by atoms with Crippen LogP contribution in [0.3, 0.4) is 0 Å². The van der Waals surface area contributed by atoms with Crippen LogP contribution in [0, 0.1) is 10.1 Å². The molecule has 0 saturated heterocycles. The minimum atomic E-state index is -0.287. The molecule has 110 valence electrons. The first kappa shape index (κ1) is 15.0. The predicted molar refractivity (Wildman–Crippen MR) is 80.9 cm³/mol. The Balaban J connectivity index is 1.81. The highest BCUT2D eigenvalue weighted by Gasteiger charge is 2.13. The van der Waals surface area contributed by atoms with Crippen molar-refractivity contribution >= 4 is 5.69 Å². The molecular formula is C16H24N2O2. The average molecular weight is 276 g/mol. The van der Waals surface area contributed by atoms with Crippen molar-refractivity contribution in [3.8, 4) is 0 Å². The van der Waals surface area contributed by atoms with E-state index in [1.165, 1.54) is 44.9 Å². The molecule has 0 radical (unpaired) electrons. The van der Waals surface area contributed by atoms with Gasteiger partial charge in [-0.15, -0.1) is 0 Å². The summed E-state index contributed by atoms with van der Waals surface area (Å²) in [5.74, 6) is 0.